The van der Waals surface area contributed by atoms with Gasteiger partial charge in [-0.25, -0.2) is 0 Å². The van der Waals surface area contributed by atoms with Crippen LogP contribution in [0, 0.1) is 35.5 Å². The van der Waals surface area contributed by atoms with Gasteiger partial charge in [0.1, 0.15) is 66.5 Å². The summed E-state index contributed by atoms with van der Waals surface area (Å²) >= 11 is 0. The number of aliphatic hydroxyl groups excluding tert-OH is 1. The topological polar surface area (TPSA) is 308 Å². The van der Waals surface area contributed by atoms with Crippen LogP contribution in [0.5, 0.6) is 0 Å². The van der Waals surface area contributed by atoms with Crippen molar-refractivity contribution in [2.45, 2.75) is 261 Å². The number of nitrogens with one attached hydrogen (secondary N) is 5. The second-order valence-electron chi connectivity index (χ2n) is 27.6. The number of rotatable bonds is 18. The number of aliphatic hydroxyl groups is 1. The highest BCUT2D eigenvalue weighted by atomic mass is 16.3. The van der Waals surface area contributed by atoms with E-state index in [2.05, 4.69) is 26.6 Å². The first-order valence-electron chi connectivity index (χ1n) is 32.7. The molecule has 2 saturated heterocycles. The summed E-state index contributed by atoms with van der Waals surface area (Å²) in [4.78, 5) is 187. The zero-order chi connectivity index (χ0) is 69.3. The largest absolute Gasteiger partial charge is 0.390 e. The minimum absolute atomic E-state index is 0.0437. The standard InChI is InChI=1S/C65H116N12O13/c1-24-46-61(86)71(18)44(16)60(85)72(19)47(31-35(2)3)57(82)70-51(38(8)9)64(89)73(20)48-34-41(13)77(53(58(83)69-46)54(79)40(12)29-27-25-26-28-30-66-45(17)78)65(90)52(39(10)11)76(23)63(88)50(33-37(6)7)75(22)62(87)49(32-36(4)5)74(21)59(84)43(15)68-55(80)42(14)67-56(48)81/h35-44,46-54,79H,24-34H2,1-23H3,(H,66,78)(H,67,81)(H,68,80)(H,69,83)(H,70,82)/t40-,41?,42+,43-,44?,46+,47+,48+,49+,50+,51+,52+,53?,54-/m1/s1. The summed E-state index contributed by atoms with van der Waals surface area (Å²) in [6.45, 7) is 29.0. The molecule has 6 N–H and O–H groups in total. The molecule has 90 heavy (non-hydrogen) atoms. The number of unbranched alkanes of at least 4 members (excludes halogenated alkanes) is 3. The van der Waals surface area contributed by atoms with Crippen LogP contribution in [0.15, 0.2) is 0 Å². The Bertz CT molecular complexity index is 2490. The minimum atomic E-state index is -1.90. The molecule has 0 saturated carbocycles. The molecule has 2 rings (SSSR count). The smallest absolute Gasteiger partial charge is 0.246 e. The van der Waals surface area contributed by atoms with Crippen LogP contribution in [-0.4, -0.2) is 238 Å². The van der Waals surface area contributed by atoms with Crippen LogP contribution in [0.3, 0.4) is 0 Å². The molecule has 0 aromatic rings. The number of nitrogens with zero attached hydrogens (tertiary/aromatic N) is 7. The van der Waals surface area contributed by atoms with E-state index in [9.17, 15) is 33.9 Å². The van der Waals surface area contributed by atoms with Gasteiger partial charge >= 0.3 is 0 Å². The molecule has 2 aliphatic heterocycles. The first-order chi connectivity index (χ1) is 41.7. The Kier molecular flexibility index (Phi) is 31.9. The fourth-order valence-corrected chi connectivity index (χ4v) is 12.1. The highest BCUT2D eigenvalue weighted by Gasteiger charge is 2.49. The zero-order valence-corrected chi connectivity index (χ0v) is 58.7. The first kappa shape index (κ1) is 79.7. The van der Waals surface area contributed by atoms with E-state index in [-0.39, 0.29) is 49.3 Å². The van der Waals surface area contributed by atoms with Gasteiger partial charge < -0.3 is 66.0 Å². The summed E-state index contributed by atoms with van der Waals surface area (Å²) in [5, 5.41) is 26.9. The Hall–Kier alpha value is -6.40. The van der Waals surface area contributed by atoms with Gasteiger partial charge in [0.2, 0.25) is 70.9 Å². The van der Waals surface area contributed by atoms with E-state index in [4.69, 9.17) is 0 Å². The van der Waals surface area contributed by atoms with Gasteiger partial charge in [0, 0.05) is 61.8 Å². The van der Waals surface area contributed by atoms with Gasteiger partial charge in [-0.15, -0.1) is 0 Å². The van der Waals surface area contributed by atoms with E-state index in [0.717, 1.165) is 21.1 Å². The number of likely N-dealkylation sites (N-methyl/N-ethyl adjacent to an activating group) is 6. The van der Waals surface area contributed by atoms with E-state index in [1.165, 1.54) is 96.5 Å². The van der Waals surface area contributed by atoms with Gasteiger partial charge in [-0.1, -0.05) is 102 Å². The van der Waals surface area contributed by atoms with Crippen LogP contribution in [0.4, 0.5) is 0 Å². The van der Waals surface area contributed by atoms with Gasteiger partial charge in [0.25, 0.3) is 0 Å². The van der Waals surface area contributed by atoms with Crippen molar-refractivity contribution in [2.75, 3.05) is 48.8 Å². The van der Waals surface area contributed by atoms with Gasteiger partial charge in [-0.3, -0.25) is 57.5 Å². The van der Waals surface area contributed by atoms with E-state index in [1.807, 2.05) is 41.5 Å². The van der Waals surface area contributed by atoms with Crippen molar-refractivity contribution in [3.8, 4) is 0 Å². The third-order valence-electron chi connectivity index (χ3n) is 17.9. The Morgan fingerprint density at radius 2 is 0.989 bits per heavy atom. The molecule has 0 radical (unpaired) electrons. The first-order valence-corrected chi connectivity index (χ1v) is 32.7. The minimum Gasteiger partial charge on any atom is -0.390 e. The fourth-order valence-electron chi connectivity index (χ4n) is 12.1. The van der Waals surface area contributed by atoms with Crippen molar-refractivity contribution in [3.05, 3.63) is 0 Å². The highest BCUT2D eigenvalue weighted by Crippen LogP contribution is 2.30. The summed E-state index contributed by atoms with van der Waals surface area (Å²) in [6, 6.07) is -16.5. The third-order valence-corrected chi connectivity index (χ3v) is 17.9. The number of hydrogen-bond acceptors (Lipinski definition) is 13. The summed E-state index contributed by atoms with van der Waals surface area (Å²) in [5.74, 6) is -11.2. The molecule has 25 nitrogen and oxygen atoms in total. The molecule has 2 bridgehead atoms. The number of fused-ring (bicyclic) bond motifs is 3. The van der Waals surface area contributed by atoms with Crippen LogP contribution in [0.25, 0.3) is 0 Å². The van der Waals surface area contributed by atoms with E-state index in [0.29, 0.717) is 32.2 Å². The molecular formula is C65H116N12O13. The molecule has 514 valence electrons. The Morgan fingerprint density at radius 3 is 1.49 bits per heavy atom. The second kappa shape index (κ2) is 36.0. The summed E-state index contributed by atoms with van der Waals surface area (Å²) < 4.78 is 0. The lowest BCUT2D eigenvalue weighted by molar-refractivity contribution is -0.161. The number of hydrogen-bond donors (Lipinski definition) is 6. The molecular weight excluding hydrogens is 1160 g/mol. The molecule has 0 aromatic heterocycles. The molecule has 0 spiro atoms. The normalized spacial score (nSPS) is 28.0. The summed E-state index contributed by atoms with van der Waals surface area (Å²) in [7, 11) is 8.47. The van der Waals surface area contributed by atoms with Crippen LogP contribution in [0.1, 0.15) is 182 Å². The maximum Gasteiger partial charge on any atom is 0.246 e. The van der Waals surface area contributed by atoms with Crippen molar-refractivity contribution in [1.82, 2.24) is 60.9 Å². The van der Waals surface area contributed by atoms with Crippen molar-refractivity contribution < 1.29 is 62.6 Å². The number of carbonyl (C=O) groups excluding carboxylic acids is 12. The molecule has 25 heteroatoms. The lowest BCUT2D eigenvalue weighted by Crippen LogP contribution is -2.67. The average Bonchev–Trinajstić information content (AvgIpc) is 0.887. The van der Waals surface area contributed by atoms with E-state index in [1.54, 1.807) is 41.5 Å². The monoisotopic (exact) mass is 1270 g/mol. The second-order valence-corrected chi connectivity index (χ2v) is 27.6. The van der Waals surface area contributed by atoms with Crippen molar-refractivity contribution in [1.29, 1.82) is 0 Å². The van der Waals surface area contributed by atoms with Gasteiger partial charge in [0.05, 0.1) is 6.10 Å². The summed E-state index contributed by atoms with van der Waals surface area (Å²) in [5.41, 5.74) is 0. The van der Waals surface area contributed by atoms with Crippen LogP contribution in [0.2, 0.25) is 0 Å². The maximum absolute atomic E-state index is 16.6. The number of carbonyl (C=O) groups is 12. The van der Waals surface area contributed by atoms with Crippen molar-refractivity contribution >= 4 is 70.9 Å². The van der Waals surface area contributed by atoms with E-state index < -0.39 is 168 Å². The predicted molar refractivity (Wildman–Crippen MR) is 344 cm³/mol. The Labute approximate surface area is 537 Å². The predicted octanol–water partition coefficient (Wildman–Crippen LogP) is 2.89. The molecule has 0 aromatic carbocycles. The Morgan fingerprint density at radius 1 is 0.500 bits per heavy atom. The highest BCUT2D eigenvalue weighted by molar-refractivity contribution is 6.00. The lowest BCUT2D eigenvalue weighted by Gasteiger charge is -2.45. The van der Waals surface area contributed by atoms with Gasteiger partial charge in [-0.2, -0.15) is 0 Å². The Balaban J connectivity index is 3.42. The average molecular weight is 1270 g/mol. The van der Waals surface area contributed by atoms with Crippen molar-refractivity contribution in [2.24, 2.45) is 35.5 Å². The lowest BCUT2D eigenvalue weighted by atomic mass is 9.88. The van der Waals surface area contributed by atoms with Crippen LogP contribution < -0.4 is 26.6 Å². The molecule has 12 amide bonds. The molecule has 2 aliphatic rings. The molecule has 14 atom stereocenters. The summed E-state index contributed by atoms with van der Waals surface area (Å²) in [6.07, 6.45) is 1.04. The molecule has 0 aliphatic carbocycles. The van der Waals surface area contributed by atoms with Gasteiger partial charge in [0.15, 0.2) is 0 Å². The van der Waals surface area contributed by atoms with Crippen LogP contribution in [-0.2, 0) is 57.5 Å². The van der Waals surface area contributed by atoms with Gasteiger partial charge in [-0.05, 0) is 108 Å². The quantitative estimate of drug-likeness (QED) is 0.108. The molecule has 2 heterocycles. The van der Waals surface area contributed by atoms with Crippen LogP contribution >= 0.6 is 0 Å². The molecule has 3 unspecified atom stereocenters. The fraction of sp³-hybridized carbons (Fsp3) is 0.815. The zero-order valence-electron chi connectivity index (χ0n) is 58.7. The maximum atomic E-state index is 16.6. The number of amides is 12. The third kappa shape index (κ3) is 21.3. The molecule has 2 fully saturated rings. The SMILES string of the molecule is CC[C@@H]1NC(=O)C([C@H](O)[C@H](C)CCCCCCNC(C)=O)N2C(=O)[C@H](C(C)C)N(C)C(=O)[C@H](CC(C)C)N(C)C(=O)[C@H](CC(C)C)N(C)C(=O)[C@@H](C)NC(=O)[C@H](C)NC(=O)[C@H](CC2C)N(C)C(=O)[C@H](C(C)C)NC(=O)[C@H](CC(C)C)N(C)C(=O)C(C)N(C)C1=O. The van der Waals surface area contributed by atoms with E-state index >= 15 is 28.8 Å². The van der Waals surface area contributed by atoms with Crippen molar-refractivity contribution in [3.63, 3.8) is 0 Å².